The lowest BCUT2D eigenvalue weighted by atomic mass is 9.83. The molecular formula is C13H19F3O3S. The molecule has 0 spiro atoms. The second-order valence-corrected chi connectivity index (χ2v) is 6.64. The van der Waals surface area contributed by atoms with Crippen molar-refractivity contribution in [3.05, 3.63) is 11.8 Å². The van der Waals surface area contributed by atoms with Crippen LogP contribution in [0.15, 0.2) is 11.8 Å². The van der Waals surface area contributed by atoms with Crippen LogP contribution >= 0.6 is 12.0 Å². The number of carbonyl (C=O) groups excluding carboxylic acids is 1. The van der Waals surface area contributed by atoms with Gasteiger partial charge in [-0.25, -0.2) is 0 Å². The van der Waals surface area contributed by atoms with Crippen LogP contribution in [0.2, 0.25) is 0 Å². The summed E-state index contributed by atoms with van der Waals surface area (Å²) in [5.74, 6) is -0.500. The highest BCUT2D eigenvalue weighted by Gasteiger charge is 2.35. The Bertz CT molecular complexity index is 385. The average molecular weight is 312 g/mol. The Morgan fingerprint density at radius 2 is 1.95 bits per heavy atom. The van der Waals surface area contributed by atoms with E-state index in [4.69, 9.17) is 4.74 Å². The predicted molar refractivity (Wildman–Crippen MR) is 70.5 cm³/mol. The number of rotatable bonds is 3. The van der Waals surface area contributed by atoms with Gasteiger partial charge in [-0.3, -0.25) is 4.79 Å². The zero-order valence-electron chi connectivity index (χ0n) is 11.9. The molecule has 0 saturated heterocycles. The third kappa shape index (κ3) is 6.07. The first-order valence-corrected chi connectivity index (χ1v) is 7.06. The van der Waals surface area contributed by atoms with Gasteiger partial charge in [0.05, 0.1) is 5.92 Å². The van der Waals surface area contributed by atoms with Crippen molar-refractivity contribution in [2.75, 3.05) is 0 Å². The molecule has 0 heterocycles. The highest BCUT2D eigenvalue weighted by atomic mass is 32.2. The van der Waals surface area contributed by atoms with Crippen LogP contribution in [0.1, 0.15) is 40.5 Å². The Hall–Kier alpha value is -0.850. The second kappa shape index (κ2) is 6.28. The molecule has 0 saturated carbocycles. The Morgan fingerprint density at radius 1 is 1.35 bits per heavy atom. The summed E-state index contributed by atoms with van der Waals surface area (Å²) < 4.78 is 46.1. The molecule has 0 aliphatic heterocycles. The smallest absolute Gasteiger partial charge is 0.460 e. The summed E-state index contributed by atoms with van der Waals surface area (Å²) in [6, 6.07) is 0. The van der Waals surface area contributed by atoms with Gasteiger partial charge in [0, 0.05) is 6.42 Å². The molecular weight excluding hydrogens is 293 g/mol. The number of halogens is 3. The molecule has 1 aliphatic carbocycles. The van der Waals surface area contributed by atoms with E-state index in [2.05, 4.69) is 4.18 Å². The summed E-state index contributed by atoms with van der Waals surface area (Å²) in [5.41, 5.74) is -4.99. The van der Waals surface area contributed by atoms with E-state index in [1.807, 2.05) is 6.92 Å². The van der Waals surface area contributed by atoms with Gasteiger partial charge in [0.1, 0.15) is 11.4 Å². The molecule has 7 heteroatoms. The lowest BCUT2D eigenvalue weighted by Crippen LogP contribution is -2.33. The first-order chi connectivity index (χ1) is 8.98. The largest absolute Gasteiger partial charge is 0.479 e. The molecule has 1 aliphatic rings. The molecule has 2 unspecified atom stereocenters. The minimum atomic E-state index is -4.42. The third-order valence-corrected chi connectivity index (χ3v) is 3.25. The van der Waals surface area contributed by atoms with Crippen LogP contribution in [0, 0.1) is 11.8 Å². The maximum absolute atomic E-state index is 12.0. The minimum absolute atomic E-state index is 0.112. The summed E-state index contributed by atoms with van der Waals surface area (Å²) >= 11 is -0.523. The van der Waals surface area contributed by atoms with Crippen molar-refractivity contribution in [2.45, 2.75) is 51.6 Å². The van der Waals surface area contributed by atoms with Crippen LogP contribution in [0.3, 0.4) is 0 Å². The van der Waals surface area contributed by atoms with Gasteiger partial charge in [-0.05, 0) is 39.2 Å². The van der Waals surface area contributed by atoms with Crippen molar-refractivity contribution in [1.29, 1.82) is 0 Å². The number of alkyl halides is 3. The number of ether oxygens (including phenoxy) is 1. The molecule has 0 amide bonds. The van der Waals surface area contributed by atoms with Gasteiger partial charge < -0.3 is 8.92 Å². The topological polar surface area (TPSA) is 35.5 Å². The molecule has 2 atom stereocenters. The molecule has 0 bridgehead atoms. The van der Waals surface area contributed by atoms with E-state index < -0.39 is 23.2 Å². The van der Waals surface area contributed by atoms with Crippen LogP contribution in [0.5, 0.6) is 0 Å². The van der Waals surface area contributed by atoms with Gasteiger partial charge >= 0.3 is 11.5 Å². The Morgan fingerprint density at radius 3 is 2.40 bits per heavy atom. The summed E-state index contributed by atoms with van der Waals surface area (Å²) in [6.07, 6.45) is 2.17. The van der Waals surface area contributed by atoms with Crippen molar-refractivity contribution in [3.63, 3.8) is 0 Å². The summed E-state index contributed by atoms with van der Waals surface area (Å²) in [4.78, 5) is 12.0. The standard InChI is InChI=1S/C13H19F3O3S/c1-8-7-9(19-20-13(14,15)16)5-6-10(8)11(17)18-12(2,3)4/h5,8,10H,6-7H2,1-4H3. The fraction of sp³-hybridized carbons (Fsp3) is 0.769. The molecule has 1 rings (SSSR count). The van der Waals surface area contributed by atoms with E-state index in [9.17, 15) is 18.0 Å². The monoisotopic (exact) mass is 312 g/mol. The third-order valence-electron chi connectivity index (χ3n) is 2.76. The Balaban J connectivity index is 2.57. The first-order valence-electron chi connectivity index (χ1n) is 6.32. The van der Waals surface area contributed by atoms with Gasteiger partial charge in [-0.15, -0.1) is 0 Å². The Labute approximate surface area is 121 Å². The van der Waals surface area contributed by atoms with Crippen molar-refractivity contribution in [3.8, 4) is 0 Å². The number of allylic oxidation sites excluding steroid dienone is 2. The van der Waals surface area contributed by atoms with Gasteiger partial charge in [-0.2, -0.15) is 13.2 Å². The lowest BCUT2D eigenvalue weighted by Gasteiger charge is -2.29. The highest BCUT2D eigenvalue weighted by molar-refractivity contribution is 7.95. The fourth-order valence-electron chi connectivity index (χ4n) is 1.91. The van der Waals surface area contributed by atoms with Gasteiger partial charge in [0.15, 0.2) is 12.0 Å². The second-order valence-electron chi connectivity index (χ2n) is 5.84. The Kier molecular flexibility index (Phi) is 5.40. The maximum atomic E-state index is 12.0. The van der Waals surface area contributed by atoms with Crippen molar-refractivity contribution >= 4 is 18.0 Å². The van der Waals surface area contributed by atoms with E-state index in [0.717, 1.165) is 0 Å². The van der Waals surface area contributed by atoms with Crippen molar-refractivity contribution in [1.82, 2.24) is 0 Å². The number of hydrogen-bond donors (Lipinski definition) is 0. The van der Waals surface area contributed by atoms with Crippen LogP contribution < -0.4 is 0 Å². The highest BCUT2D eigenvalue weighted by Crippen LogP contribution is 2.38. The van der Waals surface area contributed by atoms with Gasteiger partial charge in [0.2, 0.25) is 0 Å². The predicted octanol–water partition coefficient (Wildman–Crippen LogP) is 4.44. The summed E-state index contributed by atoms with van der Waals surface area (Å²) in [6.45, 7) is 7.15. The molecule has 0 aromatic heterocycles. The molecule has 0 radical (unpaired) electrons. The van der Waals surface area contributed by atoms with Crippen molar-refractivity contribution in [2.24, 2.45) is 11.8 Å². The van der Waals surface area contributed by atoms with Crippen LogP contribution in [-0.2, 0) is 13.7 Å². The fourth-order valence-corrected chi connectivity index (χ4v) is 2.25. The summed E-state index contributed by atoms with van der Waals surface area (Å²) in [5, 5.41) is 0. The number of esters is 1. The molecule has 20 heavy (non-hydrogen) atoms. The van der Waals surface area contributed by atoms with Crippen LogP contribution in [0.25, 0.3) is 0 Å². The van der Waals surface area contributed by atoms with E-state index in [0.29, 0.717) is 12.8 Å². The minimum Gasteiger partial charge on any atom is -0.460 e. The van der Waals surface area contributed by atoms with E-state index in [1.165, 1.54) is 6.08 Å². The van der Waals surface area contributed by atoms with Crippen LogP contribution in [-0.4, -0.2) is 17.1 Å². The van der Waals surface area contributed by atoms with Crippen LogP contribution in [0.4, 0.5) is 13.2 Å². The number of hydrogen-bond acceptors (Lipinski definition) is 4. The molecule has 3 nitrogen and oxygen atoms in total. The normalized spacial score (nSPS) is 24.1. The molecule has 0 fully saturated rings. The average Bonchev–Trinajstić information content (AvgIpc) is 2.22. The maximum Gasteiger partial charge on any atom is 0.479 e. The van der Waals surface area contributed by atoms with E-state index in [-0.39, 0.29) is 23.6 Å². The van der Waals surface area contributed by atoms with Crippen molar-refractivity contribution < 1.29 is 26.9 Å². The van der Waals surface area contributed by atoms with E-state index in [1.54, 1.807) is 20.8 Å². The van der Waals surface area contributed by atoms with Gasteiger partial charge in [-0.1, -0.05) is 6.92 Å². The lowest BCUT2D eigenvalue weighted by molar-refractivity contribution is -0.162. The molecule has 0 aromatic rings. The summed E-state index contributed by atoms with van der Waals surface area (Å²) in [7, 11) is 0. The molecule has 0 N–H and O–H groups in total. The zero-order chi connectivity index (χ0) is 15.6. The molecule has 116 valence electrons. The van der Waals surface area contributed by atoms with E-state index >= 15 is 0 Å². The number of carbonyl (C=O) groups is 1. The van der Waals surface area contributed by atoms with Gasteiger partial charge in [0.25, 0.3) is 0 Å². The quantitative estimate of drug-likeness (QED) is 0.570. The first kappa shape index (κ1) is 17.2. The SMILES string of the molecule is CC1CC(OSC(F)(F)F)=CCC1C(=O)OC(C)(C)C. The zero-order valence-corrected chi connectivity index (χ0v) is 12.7. The molecule has 0 aromatic carbocycles.